The first kappa shape index (κ1) is 23.8. The van der Waals surface area contributed by atoms with Crippen LogP contribution >= 0.6 is 11.8 Å². The van der Waals surface area contributed by atoms with E-state index in [4.69, 9.17) is 14.5 Å². The summed E-state index contributed by atoms with van der Waals surface area (Å²) in [5.41, 5.74) is 3.92. The first-order chi connectivity index (χ1) is 16.6. The summed E-state index contributed by atoms with van der Waals surface area (Å²) in [7, 11) is 1.70. The molecule has 176 valence electrons. The van der Waals surface area contributed by atoms with Crippen LogP contribution in [0.4, 0.5) is 11.4 Å². The molecule has 1 aromatic heterocycles. The molecule has 8 heteroatoms. The van der Waals surface area contributed by atoms with Crippen molar-refractivity contribution in [2.75, 3.05) is 43.6 Å². The van der Waals surface area contributed by atoms with Crippen LogP contribution in [0, 0.1) is 6.92 Å². The van der Waals surface area contributed by atoms with Crippen molar-refractivity contribution < 1.29 is 14.3 Å². The van der Waals surface area contributed by atoms with Crippen molar-refractivity contribution in [2.45, 2.75) is 23.3 Å². The number of hydrogen-bond donors (Lipinski definition) is 1. The van der Waals surface area contributed by atoms with Gasteiger partial charge in [-0.05, 0) is 60.5 Å². The number of aryl methyl sites for hydroxylation is 1. The standard InChI is InChI=1S/C26H28N4O3S/c1-4-25(31)28-20-6-8-21(9-7-20)34-26-18(2)17-27-24(29-26)16-19-5-10-22(23(15-19)32-3)30-11-13-33-14-12-30/h4-10,15,17H,1,11-14,16H2,2-3H3,(H,28,31). The van der Waals surface area contributed by atoms with Gasteiger partial charge in [-0.2, -0.15) is 0 Å². The highest BCUT2D eigenvalue weighted by Gasteiger charge is 2.16. The van der Waals surface area contributed by atoms with E-state index >= 15 is 0 Å². The number of nitrogens with zero attached hydrogens (tertiary/aromatic N) is 3. The molecule has 1 N–H and O–H groups in total. The van der Waals surface area contributed by atoms with E-state index in [1.54, 1.807) is 18.9 Å². The monoisotopic (exact) mass is 476 g/mol. The second-order valence-corrected chi connectivity index (χ2v) is 8.94. The number of amides is 1. The molecule has 7 nitrogen and oxygen atoms in total. The molecule has 34 heavy (non-hydrogen) atoms. The predicted molar refractivity (Wildman–Crippen MR) is 135 cm³/mol. The molecule has 1 fully saturated rings. The number of ether oxygens (including phenoxy) is 2. The third kappa shape index (κ3) is 5.95. The van der Waals surface area contributed by atoms with Crippen LogP contribution in [0.5, 0.6) is 5.75 Å². The van der Waals surface area contributed by atoms with Crippen LogP contribution in [0.2, 0.25) is 0 Å². The number of morpholine rings is 1. The fraction of sp³-hybridized carbons (Fsp3) is 0.269. The fourth-order valence-electron chi connectivity index (χ4n) is 3.64. The number of methoxy groups -OCH3 is 1. The zero-order valence-corrected chi connectivity index (χ0v) is 20.2. The summed E-state index contributed by atoms with van der Waals surface area (Å²) >= 11 is 1.57. The molecule has 0 spiro atoms. The van der Waals surface area contributed by atoms with E-state index in [0.717, 1.165) is 70.3 Å². The summed E-state index contributed by atoms with van der Waals surface area (Å²) in [4.78, 5) is 24.1. The second kappa shape index (κ2) is 11.2. The van der Waals surface area contributed by atoms with E-state index in [1.807, 2.05) is 37.4 Å². The van der Waals surface area contributed by atoms with Gasteiger partial charge in [0.25, 0.3) is 0 Å². The molecular weight excluding hydrogens is 448 g/mol. The minimum absolute atomic E-state index is 0.230. The number of carbonyl (C=O) groups excluding carboxylic acids is 1. The van der Waals surface area contributed by atoms with E-state index in [0.29, 0.717) is 6.42 Å². The van der Waals surface area contributed by atoms with Crippen LogP contribution in [0.15, 0.2) is 71.2 Å². The van der Waals surface area contributed by atoms with Crippen molar-refractivity contribution >= 4 is 29.0 Å². The first-order valence-electron chi connectivity index (χ1n) is 11.1. The van der Waals surface area contributed by atoms with Gasteiger partial charge in [-0.3, -0.25) is 4.79 Å². The van der Waals surface area contributed by atoms with Crippen LogP contribution in [-0.4, -0.2) is 49.3 Å². The Morgan fingerprint density at radius 3 is 2.71 bits per heavy atom. The number of aromatic nitrogens is 2. The van der Waals surface area contributed by atoms with E-state index in [-0.39, 0.29) is 5.91 Å². The van der Waals surface area contributed by atoms with Gasteiger partial charge >= 0.3 is 0 Å². The van der Waals surface area contributed by atoms with Gasteiger partial charge in [0.2, 0.25) is 5.91 Å². The molecule has 0 radical (unpaired) electrons. The van der Waals surface area contributed by atoms with Gasteiger partial charge in [0.05, 0.1) is 26.0 Å². The number of anilines is 2. The molecule has 0 saturated carbocycles. The maximum absolute atomic E-state index is 11.5. The zero-order valence-electron chi connectivity index (χ0n) is 19.4. The molecule has 0 unspecified atom stereocenters. The summed E-state index contributed by atoms with van der Waals surface area (Å²) in [6, 6.07) is 13.9. The molecule has 0 aliphatic carbocycles. The van der Waals surface area contributed by atoms with Gasteiger partial charge in [-0.15, -0.1) is 0 Å². The molecular formula is C26H28N4O3S. The van der Waals surface area contributed by atoms with Crippen LogP contribution in [0.1, 0.15) is 17.0 Å². The maximum Gasteiger partial charge on any atom is 0.247 e. The Morgan fingerprint density at radius 2 is 2.00 bits per heavy atom. The van der Waals surface area contributed by atoms with E-state index in [1.165, 1.54) is 6.08 Å². The highest BCUT2D eigenvalue weighted by molar-refractivity contribution is 7.99. The molecule has 0 atom stereocenters. The first-order valence-corrected chi connectivity index (χ1v) is 11.9. The van der Waals surface area contributed by atoms with E-state index < -0.39 is 0 Å². The van der Waals surface area contributed by atoms with Gasteiger partial charge in [-0.25, -0.2) is 9.97 Å². The van der Waals surface area contributed by atoms with Crippen molar-refractivity contribution in [3.05, 3.63) is 78.3 Å². The minimum atomic E-state index is -0.230. The summed E-state index contributed by atoms with van der Waals surface area (Å²) in [6.45, 7) is 8.66. The van der Waals surface area contributed by atoms with Crippen molar-refractivity contribution in [2.24, 2.45) is 0 Å². The highest BCUT2D eigenvalue weighted by Crippen LogP contribution is 2.32. The van der Waals surface area contributed by atoms with Crippen LogP contribution < -0.4 is 15.0 Å². The van der Waals surface area contributed by atoms with Gasteiger partial charge in [0, 0.05) is 36.3 Å². The van der Waals surface area contributed by atoms with Crippen LogP contribution in [0.3, 0.4) is 0 Å². The molecule has 1 aliphatic rings. The van der Waals surface area contributed by atoms with Gasteiger partial charge in [0.15, 0.2) is 0 Å². The number of nitrogens with one attached hydrogen (secondary N) is 1. The van der Waals surface area contributed by atoms with Crippen molar-refractivity contribution in [3.8, 4) is 5.75 Å². The van der Waals surface area contributed by atoms with Gasteiger partial charge < -0.3 is 19.7 Å². The lowest BCUT2D eigenvalue weighted by molar-refractivity contribution is -0.111. The molecule has 1 aliphatic heterocycles. The zero-order chi connectivity index (χ0) is 23.9. The third-order valence-electron chi connectivity index (χ3n) is 5.46. The molecule has 4 rings (SSSR count). The lowest BCUT2D eigenvalue weighted by atomic mass is 10.1. The van der Waals surface area contributed by atoms with Gasteiger partial charge in [-0.1, -0.05) is 24.4 Å². The maximum atomic E-state index is 11.5. The Balaban J connectivity index is 1.47. The topological polar surface area (TPSA) is 76.6 Å². The summed E-state index contributed by atoms with van der Waals surface area (Å²) < 4.78 is 11.1. The average molecular weight is 477 g/mol. The lowest BCUT2D eigenvalue weighted by Crippen LogP contribution is -2.36. The minimum Gasteiger partial charge on any atom is -0.495 e. The Kier molecular flexibility index (Phi) is 7.82. The van der Waals surface area contributed by atoms with Crippen LogP contribution in [-0.2, 0) is 16.0 Å². The number of benzene rings is 2. The molecule has 2 aromatic carbocycles. The SMILES string of the molecule is C=CC(=O)Nc1ccc(Sc2nc(Cc3ccc(N4CCOCC4)c(OC)c3)ncc2C)cc1. The quantitative estimate of drug-likeness (QED) is 0.379. The smallest absolute Gasteiger partial charge is 0.247 e. The van der Waals surface area contributed by atoms with Crippen molar-refractivity contribution in [1.29, 1.82) is 0 Å². The Morgan fingerprint density at radius 1 is 1.24 bits per heavy atom. The number of rotatable bonds is 8. The van der Waals surface area contributed by atoms with Crippen molar-refractivity contribution in [3.63, 3.8) is 0 Å². The molecule has 0 bridgehead atoms. The van der Waals surface area contributed by atoms with E-state index in [2.05, 4.69) is 40.0 Å². The molecule has 3 aromatic rings. The largest absolute Gasteiger partial charge is 0.495 e. The molecule has 1 saturated heterocycles. The summed E-state index contributed by atoms with van der Waals surface area (Å²) in [5.74, 6) is 1.38. The second-order valence-electron chi connectivity index (χ2n) is 7.88. The van der Waals surface area contributed by atoms with Gasteiger partial charge in [0.1, 0.15) is 16.6 Å². The summed E-state index contributed by atoms with van der Waals surface area (Å²) in [6.07, 6.45) is 3.73. The fourth-order valence-corrected chi connectivity index (χ4v) is 4.50. The molecule has 1 amide bonds. The van der Waals surface area contributed by atoms with Crippen LogP contribution in [0.25, 0.3) is 0 Å². The van der Waals surface area contributed by atoms with E-state index in [9.17, 15) is 4.79 Å². The third-order valence-corrected chi connectivity index (χ3v) is 6.57. The Bertz CT molecular complexity index is 1160. The Labute approximate surface area is 204 Å². The number of hydrogen-bond acceptors (Lipinski definition) is 7. The average Bonchev–Trinajstić information content (AvgIpc) is 2.87. The Hall–Kier alpha value is -3.36. The molecule has 2 heterocycles. The summed E-state index contributed by atoms with van der Waals surface area (Å²) in [5, 5.41) is 3.66. The van der Waals surface area contributed by atoms with Crippen molar-refractivity contribution in [1.82, 2.24) is 9.97 Å². The number of carbonyl (C=O) groups is 1. The lowest BCUT2D eigenvalue weighted by Gasteiger charge is -2.30. The normalized spacial score (nSPS) is 13.4. The highest BCUT2D eigenvalue weighted by atomic mass is 32.2. The predicted octanol–water partition coefficient (Wildman–Crippen LogP) is 4.50.